The standard InChI is InChI=1S/C29H32F2N2O3/c1-7-29(30,31)25-16-22(13-14-24(25)23-11-9-8-10-12-23)17-35-26-15-18(2)33(21(5)27(26)34-6)28-19(3)20(4)32-36-28/h8-16,21H,7,17H2,1-6H3. The number of ether oxygens (including phenoxy) is 2. The lowest BCUT2D eigenvalue weighted by atomic mass is 9.92. The minimum absolute atomic E-state index is 0.00400. The van der Waals surface area contributed by atoms with Crippen molar-refractivity contribution in [2.45, 2.75) is 59.6 Å². The molecular weight excluding hydrogens is 462 g/mol. The van der Waals surface area contributed by atoms with E-state index in [2.05, 4.69) is 5.16 Å². The molecule has 1 aromatic heterocycles. The fraction of sp³-hybridized carbons (Fsp3) is 0.345. The fourth-order valence-electron chi connectivity index (χ4n) is 4.51. The number of methoxy groups -OCH3 is 1. The third-order valence-corrected chi connectivity index (χ3v) is 6.70. The molecule has 0 amide bonds. The average molecular weight is 495 g/mol. The zero-order valence-corrected chi connectivity index (χ0v) is 21.6. The number of hydrogen-bond donors (Lipinski definition) is 0. The first-order valence-electron chi connectivity index (χ1n) is 12.1. The van der Waals surface area contributed by atoms with Gasteiger partial charge in [-0.25, -0.2) is 8.78 Å². The molecule has 0 radical (unpaired) electrons. The first-order valence-corrected chi connectivity index (χ1v) is 12.1. The fourth-order valence-corrected chi connectivity index (χ4v) is 4.51. The second-order valence-electron chi connectivity index (χ2n) is 9.06. The van der Waals surface area contributed by atoms with Crippen LogP contribution in [0.5, 0.6) is 0 Å². The molecule has 1 aliphatic rings. The first-order chi connectivity index (χ1) is 17.2. The van der Waals surface area contributed by atoms with E-state index in [1.807, 2.05) is 75.1 Å². The second kappa shape index (κ2) is 10.2. The Morgan fingerprint density at radius 1 is 1.08 bits per heavy atom. The molecule has 0 N–H and O–H groups in total. The molecule has 1 aliphatic heterocycles. The first kappa shape index (κ1) is 25.5. The zero-order valence-electron chi connectivity index (χ0n) is 21.6. The molecule has 0 spiro atoms. The lowest BCUT2D eigenvalue weighted by Crippen LogP contribution is -2.37. The molecular formula is C29H32F2N2O3. The maximum atomic E-state index is 15.0. The number of alkyl halides is 2. The normalized spacial score (nSPS) is 16.3. The van der Waals surface area contributed by atoms with Gasteiger partial charge >= 0.3 is 0 Å². The summed E-state index contributed by atoms with van der Waals surface area (Å²) >= 11 is 0. The van der Waals surface area contributed by atoms with Gasteiger partial charge in [0, 0.05) is 29.3 Å². The summed E-state index contributed by atoms with van der Waals surface area (Å²) in [5.74, 6) is -1.12. The van der Waals surface area contributed by atoms with Crippen LogP contribution in [0.3, 0.4) is 0 Å². The van der Waals surface area contributed by atoms with E-state index >= 15 is 0 Å². The number of benzene rings is 2. The minimum atomic E-state index is -2.96. The van der Waals surface area contributed by atoms with Gasteiger partial charge in [-0.05, 0) is 50.5 Å². The van der Waals surface area contributed by atoms with Crippen LogP contribution in [0.1, 0.15) is 49.6 Å². The zero-order chi connectivity index (χ0) is 26.0. The van der Waals surface area contributed by atoms with E-state index in [1.165, 1.54) is 6.92 Å². The summed E-state index contributed by atoms with van der Waals surface area (Å²) in [7, 11) is 1.59. The largest absolute Gasteiger partial charge is 0.495 e. The third-order valence-electron chi connectivity index (χ3n) is 6.70. The Hall–Kier alpha value is -3.61. The van der Waals surface area contributed by atoms with Crippen LogP contribution in [0.2, 0.25) is 0 Å². The highest BCUT2D eigenvalue weighted by Gasteiger charge is 2.34. The molecule has 2 aromatic carbocycles. The van der Waals surface area contributed by atoms with E-state index in [4.69, 9.17) is 14.0 Å². The number of rotatable bonds is 8. The minimum Gasteiger partial charge on any atom is -0.495 e. The summed E-state index contributed by atoms with van der Waals surface area (Å²) in [4.78, 5) is 2.01. The molecule has 7 heteroatoms. The summed E-state index contributed by atoms with van der Waals surface area (Å²) in [6.45, 7) is 9.43. The predicted molar refractivity (Wildman–Crippen MR) is 137 cm³/mol. The molecule has 0 aliphatic carbocycles. The van der Waals surface area contributed by atoms with Crippen molar-refractivity contribution in [3.63, 3.8) is 0 Å². The van der Waals surface area contributed by atoms with E-state index in [0.29, 0.717) is 28.5 Å². The summed E-state index contributed by atoms with van der Waals surface area (Å²) < 4.78 is 47.4. The van der Waals surface area contributed by atoms with E-state index in [0.717, 1.165) is 22.5 Å². The maximum Gasteiger partial charge on any atom is 0.273 e. The Kier molecular flexibility index (Phi) is 7.20. The van der Waals surface area contributed by atoms with Crippen LogP contribution in [0.25, 0.3) is 11.1 Å². The van der Waals surface area contributed by atoms with Gasteiger partial charge in [0.2, 0.25) is 5.88 Å². The van der Waals surface area contributed by atoms with Crippen LogP contribution >= 0.6 is 0 Å². The molecule has 0 saturated heterocycles. The van der Waals surface area contributed by atoms with Gasteiger partial charge in [0.1, 0.15) is 6.61 Å². The van der Waals surface area contributed by atoms with Gasteiger partial charge in [-0.3, -0.25) is 0 Å². The number of anilines is 1. The number of hydrogen-bond acceptors (Lipinski definition) is 5. The topological polar surface area (TPSA) is 47.7 Å². The smallest absolute Gasteiger partial charge is 0.273 e. The Balaban J connectivity index is 1.63. The van der Waals surface area contributed by atoms with E-state index < -0.39 is 5.92 Å². The van der Waals surface area contributed by atoms with Gasteiger partial charge in [-0.2, -0.15) is 0 Å². The molecule has 0 fully saturated rings. The molecule has 2 heterocycles. The Labute approximate surface area is 211 Å². The van der Waals surface area contributed by atoms with E-state index in [-0.39, 0.29) is 24.6 Å². The molecule has 0 saturated carbocycles. The van der Waals surface area contributed by atoms with Gasteiger partial charge in [-0.1, -0.05) is 54.5 Å². The van der Waals surface area contributed by atoms with Crippen LogP contribution in [0, 0.1) is 13.8 Å². The van der Waals surface area contributed by atoms with Crippen molar-refractivity contribution >= 4 is 5.88 Å². The molecule has 0 bridgehead atoms. The Morgan fingerprint density at radius 3 is 2.42 bits per heavy atom. The van der Waals surface area contributed by atoms with Crippen LogP contribution in [-0.4, -0.2) is 18.3 Å². The molecule has 36 heavy (non-hydrogen) atoms. The van der Waals surface area contributed by atoms with Crippen molar-refractivity contribution in [1.82, 2.24) is 5.16 Å². The van der Waals surface area contributed by atoms with Crippen LogP contribution in [-0.2, 0) is 22.0 Å². The molecule has 1 atom stereocenters. The monoisotopic (exact) mass is 494 g/mol. The number of aromatic nitrogens is 1. The summed E-state index contributed by atoms with van der Waals surface area (Å²) in [5.41, 5.74) is 4.63. The van der Waals surface area contributed by atoms with Gasteiger partial charge in [-0.15, -0.1) is 0 Å². The van der Waals surface area contributed by atoms with Gasteiger partial charge < -0.3 is 18.9 Å². The number of nitrogens with zero attached hydrogens (tertiary/aromatic N) is 2. The van der Waals surface area contributed by atoms with E-state index in [9.17, 15) is 8.78 Å². The van der Waals surface area contributed by atoms with E-state index in [1.54, 1.807) is 19.2 Å². The quantitative estimate of drug-likeness (QED) is 0.322. The third kappa shape index (κ3) is 4.74. The molecule has 190 valence electrons. The highest BCUT2D eigenvalue weighted by atomic mass is 19.3. The number of aryl methyl sites for hydroxylation is 1. The lowest BCUT2D eigenvalue weighted by molar-refractivity contribution is -0.00784. The van der Waals surface area contributed by atoms with Gasteiger partial charge in [0.05, 0.1) is 18.8 Å². The predicted octanol–water partition coefficient (Wildman–Crippen LogP) is 7.65. The maximum absolute atomic E-state index is 15.0. The Bertz CT molecular complexity index is 1300. The summed E-state index contributed by atoms with van der Waals surface area (Å²) in [5, 5.41) is 4.08. The van der Waals surface area contributed by atoms with Crippen molar-refractivity contribution in [3.05, 3.63) is 94.2 Å². The van der Waals surface area contributed by atoms with Crippen molar-refractivity contribution < 1.29 is 22.8 Å². The molecule has 5 nitrogen and oxygen atoms in total. The second-order valence-corrected chi connectivity index (χ2v) is 9.06. The van der Waals surface area contributed by atoms with Gasteiger partial charge in [0.25, 0.3) is 5.92 Å². The summed E-state index contributed by atoms with van der Waals surface area (Å²) in [6, 6.07) is 14.2. The summed E-state index contributed by atoms with van der Waals surface area (Å²) in [6.07, 6.45) is 1.59. The van der Waals surface area contributed by atoms with Crippen molar-refractivity contribution in [2.75, 3.05) is 12.0 Å². The average Bonchev–Trinajstić information content (AvgIpc) is 3.20. The SMILES string of the molecule is CCC(F)(F)c1cc(COC2=C(OC)C(C)N(c3onc(C)c3C)C(C)=C2)ccc1-c1ccccc1. The van der Waals surface area contributed by atoms with Crippen LogP contribution in [0.4, 0.5) is 14.7 Å². The molecule has 3 aromatic rings. The lowest BCUT2D eigenvalue weighted by Gasteiger charge is -2.34. The Morgan fingerprint density at radius 2 is 1.81 bits per heavy atom. The number of halogens is 2. The molecule has 4 rings (SSSR count). The van der Waals surface area contributed by atoms with Crippen molar-refractivity contribution in [3.8, 4) is 11.1 Å². The molecule has 1 unspecified atom stereocenters. The van der Waals surface area contributed by atoms with Crippen molar-refractivity contribution in [1.29, 1.82) is 0 Å². The van der Waals surface area contributed by atoms with Crippen LogP contribution < -0.4 is 4.90 Å². The van der Waals surface area contributed by atoms with Gasteiger partial charge in [0.15, 0.2) is 11.5 Å². The van der Waals surface area contributed by atoms with Crippen molar-refractivity contribution in [2.24, 2.45) is 0 Å². The van der Waals surface area contributed by atoms with Crippen LogP contribution in [0.15, 0.2) is 76.3 Å². The number of allylic oxidation sites excluding steroid dienone is 2. The highest BCUT2D eigenvalue weighted by molar-refractivity contribution is 5.68. The highest BCUT2D eigenvalue weighted by Crippen LogP contribution is 2.40.